The van der Waals surface area contributed by atoms with Crippen molar-refractivity contribution in [2.24, 2.45) is 0 Å². The van der Waals surface area contributed by atoms with E-state index in [0.29, 0.717) is 11.4 Å². The second kappa shape index (κ2) is 7.87. The highest BCUT2D eigenvalue weighted by molar-refractivity contribution is 5.78. The molecule has 0 unspecified atom stereocenters. The van der Waals surface area contributed by atoms with Gasteiger partial charge < -0.3 is 14.8 Å². The van der Waals surface area contributed by atoms with E-state index in [4.69, 9.17) is 9.47 Å². The summed E-state index contributed by atoms with van der Waals surface area (Å²) in [5.41, 5.74) is -0.336. The molecule has 8 heteroatoms. The number of alkyl halides is 3. The van der Waals surface area contributed by atoms with Crippen LogP contribution in [0.4, 0.5) is 13.2 Å². The van der Waals surface area contributed by atoms with Crippen LogP contribution in [0.3, 0.4) is 0 Å². The largest absolute Gasteiger partial charge is 0.495 e. The zero-order valence-corrected chi connectivity index (χ0v) is 13.6. The standard InChI is InChI=1S/C17H17F3N2O3/c1-11(14-8-7-12(24-2)9-21-14)22-16(23)10-25-15-6-4-3-5-13(15)17(18,19)20/h3-9,11H,10H2,1-2H3,(H,22,23)/t11-/m1/s1. The first kappa shape index (κ1) is 18.6. The molecule has 0 saturated carbocycles. The quantitative estimate of drug-likeness (QED) is 0.864. The van der Waals surface area contributed by atoms with E-state index in [2.05, 4.69) is 10.3 Å². The molecule has 0 bridgehead atoms. The van der Waals surface area contributed by atoms with Gasteiger partial charge in [0.05, 0.1) is 30.6 Å². The number of hydrogen-bond donors (Lipinski definition) is 1. The number of nitrogens with one attached hydrogen (secondary N) is 1. The third kappa shape index (κ3) is 5.10. The number of carbonyl (C=O) groups is 1. The Balaban J connectivity index is 1.94. The van der Waals surface area contributed by atoms with Gasteiger partial charge in [0.1, 0.15) is 11.5 Å². The molecule has 1 atom stereocenters. The normalized spacial score (nSPS) is 12.4. The van der Waals surface area contributed by atoms with Crippen LogP contribution in [0.1, 0.15) is 24.2 Å². The number of ether oxygens (including phenoxy) is 2. The van der Waals surface area contributed by atoms with E-state index >= 15 is 0 Å². The lowest BCUT2D eigenvalue weighted by Gasteiger charge is -2.16. The minimum Gasteiger partial charge on any atom is -0.495 e. The van der Waals surface area contributed by atoms with Crippen molar-refractivity contribution in [1.82, 2.24) is 10.3 Å². The second-order valence-electron chi connectivity index (χ2n) is 5.19. The molecule has 5 nitrogen and oxygen atoms in total. The van der Waals surface area contributed by atoms with Crippen LogP contribution >= 0.6 is 0 Å². The lowest BCUT2D eigenvalue weighted by atomic mass is 10.2. The van der Waals surface area contributed by atoms with Crippen LogP contribution in [0.2, 0.25) is 0 Å². The Labute approximate surface area is 142 Å². The lowest BCUT2D eigenvalue weighted by Crippen LogP contribution is -2.31. The van der Waals surface area contributed by atoms with Crippen molar-refractivity contribution in [3.05, 3.63) is 53.9 Å². The van der Waals surface area contributed by atoms with Crippen LogP contribution in [0.5, 0.6) is 11.5 Å². The van der Waals surface area contributed by atoms with Crippen LogP contribution < -0.4 is 14.8 Å². The van der Waals surface area contributed by atoms with Gasteiger partial charge in [-0.1, -0.05) is 12.1 Å². The maximum atomic E-state index is 12.9. The molecule has 0 saturated heterocycles. The summed E-state index contributed by atoms with van der Waals surface area (Å²) in [4.78, 5) is 16.1. The maximum Gasteiger partial charge on any atom is 0.419 e. The van der Waals surface area contributed by atoms with Crippen LogP contribution in [0.25, 0.3) is 0 Å². The van der Waals surface area contributed by atoms with Crippen LogP contribution in [0, 0.1) is 0 Å². The fourth-order valence-electron chi connectivity index (χ4n) is 2.10. The van der Waals surface area contributed by atoms with E-state index in [1.807, 2.05) is 0 Å². The third-order valence-corrected chi connectivity index (χ3v) is 3.37. The summed E-state index contributed by atoms with van der Waals surface area (Å²) in [5.74, 6) is -0.364. The molecule has 1 amide bonds. The number of aromatic nitrogens is 1. The number of methoxy groups -OCH3 is 1. The van der Waals surface area contributed by atoms with E-state index in [1.54, 1.807) is 19.1 Å². The zero-order valence-electron chi connectivity index (χ0n) is 13.6. The minimum atomic E-state index is -4.55. The van der Waals surface area contributed by atoms with E-state index < -0.39 is 30.3 Å². The molecule has 134 valence electrons. The van der Waals surface area contributed by atoms with Gasteiger partial charge in [0.15, 0.2) is 6.61 Å². The summed E-state index contributed by atoms with van der Waals surface area (Å²) >= 11 is 0. The van der Waals surface area contributed by atoms with E-state index in [-0.39, 0.29) is 5.75 Å². The zero-order chi connectivity index (χ0) is 18.4. The Morgan fingerprint density at radius 2 is 1.96 bits per heavy atom. The number of hydrogen-bond acceptors (Lipinski definition) is 4. The summed E-state index contributed by atoms with van der Waals surface area (Å²) in [6, 6.07) is 7.69. The van der Waals surface area contributed by atoms with Crippen molar-refractivity contribution in [1.29, 1.82) is 0 Å². The fraction of sp³-hybridized carbons (Fsp3) is 0.294. The number of halogens is 3. The smallest absolute Gasteiger partial charge is 0.419 e. The molecule has 2 rings (SSSR count). The summed E-state index contributed by atoms with van der Waals surface area (Å²) in [7, 11) is 1.51. The number of amides is 1. The average molecular weight is 354 g/mol. The molecule has 0 aliphatic heterocycles. The third-order valence-electron chi connectivity index (χ3n) is 3.37. The van der Waals surface area contributed by atoms with Gasteiger partial charge in [-0.05, 0) is 31.2 Å². The van der Waals surface area contributed by atoms with Gasteiger partial charge in [-0.25, -0.2) is 0 Å². The molecule has 1 heterocycles. The highest BCUT2D eigenvalue weighted by atomic mass is 19.4. The van der Waals surface area contributed by atoms with Crippen molar-refractivity contribution >= 4 is 5.91 Å². The number of para-hydroxylation sites is 1. The highest BCUT2D eigenvalue weighted by Crippen LogP contribution is 2.35. The molecular weight excluding hydrogens is 337 g/mol. The molecule has 1 aromatic carbocycles. The van der Waals surface area contributed by atoms with E-state index in [9.17, 15) is 18.0 Å². The molecule has 0 aliphatic rings. The SMILES string of the molecule is COc1ccc([C@@H](C)NC(=O)COc2ccccc2C(F)(F)F)nc1. The van der Waals surface area contributed by atoms with E-state index in [0.717, 1.165) is 6.07 Å². The number of pyridine rings is 1. The second-order valence-corrected chi connectivity index (χ2v) is 5.19. The Bertz CT molecular complexity index is 718. The summed E-state index contributed by atoms with van der Waals surface area (Å²) in [5, 5.41) is 2.61. The summed E-state index contributed by atoms with van der Waals surface area (Å²) in [6.45, 7) is 1.17. The molecular formula is C17H17F3N2O3. The molecule has 1 aromatic heterocycles. The number of nitrogens with zero attached hydrogens (tertiary/aromatic N) is 1. The predicted molar refractivity (Wildman–Crippen MR) is 84.3 cm³/mol. The topological polar surface area (TPSA) is 60.5 Å². The van der Waals surface area contributed by atoms with Gasteiger partial charge in [0.2, 0.25) is 0 Å². The maximum absolute atomic E-state index is 12.9. The molecule has 25 heavy (non-hydrogen) atoms. The Kier molecular flexibility index (Phi) is 5.84. The summed E-state index contributed by atoms with van der Waals surface area (Å²) < 4.78 is 48.6. The molecule has 1 N–H and O–H groups in total. The van der Waals surface area contributed by atoms with E-state index in [1.165, 1.54) is 31.5 Å². The van der Waals surface area contributed by atoms with Gasteiger partial charge in [0.25, 0.3) is 5.91 Å². The van der Waals surface area contributed by atoms with Crippen LogP contribution in [-0.2, 0) is 11.0 Å². The van der Waals surface area contributed by atoms with Gasteiger partial charge in [-0.15, -0.1) is 0 Å². The fourth-order valence-corrected chi connectivity index (χ4v) is 2.10. The van der Waals surface area contributed by atoms with Crippen molar-refractivity contribution in [2.45, 2.75) is 19.1 Å². The Hall–Kier alpha value is -2.77. The Morgan fingerprint density at radius 1 is 1.24 bits per heavy atom. The number of carbonyl (C=O) groups excluding carboxylic acids is 1. The molecule has 0 radical (unpaired) electrons. The van der Waals surface area contributed by atoms with Crippen LogP contribution in [-0.4, -0.2) is 24.6 Å². The van der Waals surface area contributed by atoms with Crippen molar-refractivity contribution < 1.29 is 27.4 Å². The number of rotatable bonds is 6. The summed E-state index contributed by atoms with van der Waals surface area (Å²) in [6.07, 6.45) is -3.04. The van der Waals surface area contributed by atoms with Crippen molar-refractivity contribution in [3.8, 4) is 11.5 Å². The first-order valence-corrected chi connectivity index (χ1v) is 7.39. The molecule has 2 aromatic rings. The van der Waals surface area contributed by atoms with Gasteiger partial charge in [-0.3, -0.25) is 9.78 Å². The first-order valence-electron chi connectivity index (χ1n) is 7.39. The minimum absolute atomic E-state index is 0.389. The molecule has 0 spiro atoms. The van der Waals surface area contributed by atoms with Gasteiger partial charge >= 0.3 is 6.18 Å². The van der Waals surface area contributed by atoms with Gasteiger partial charge in [0, 0.05) is 0 Å². The Morgan fingerprint density at radius 3 is 2.56 bits per heavy atom. The van der Waals surface area contributed by atoms with Crippen molar-refractivity contribution in [2.75, 3.05) is 13.7 Å². The lowest BCUT2D eigenvalue weighted by molar-refractivity contribution is -0.139. The highest BCUT2D eigenvalue weighted by Gasteiger charge is 2.34. The molecule has 0 aliphatic carbocycles. The van der Waals surface area contributed by atoms with Crippen molar-refractivity contribution in [3.63, 3.8) is 0 Å². The van der Waals surface area contributed by atoms with Gasteiger partial charge in [-0.2, -0.15) is 13.2 Å². The predicted octanol–water partition coefficient (Wildman–Crippen LogP) is 3.37. The molecule has 0 fully saturated rings. The average Bonchev–Trinajstić information content (AvgIpc) is 2.59. The first-order chi connectivity index (χ1) is 11.8. The van der Waals surface area contributed by atoms with Crippen LogP contribution in [0.15, 0.2) is 42.6 Å². The monoisotopic (exact) mass is 354 g/mol. The number of benzene rings is 1.